The Balaban J connectivity index is 1.50. The largest absolute Gasteiger partial charge is 0.497 e. The van der Waals surface area contributed by atoms with Crippen LogP contribution in [-0.2, 0) is 6.42 Å². The maximum atomic E-state index is 13.1. The summed E-state index contributed by atoms with van der Waals surface area (Å²) in [6.45, 7) is 4.13. The van der Waals surface area contributed by atoms with Crippen LogP contribution in [-0.4, -0.2) is 30.1 Å². The molecule has 4 rings (SSSR count). The van der Waals surface area contributed by atoms with E-state index in [2.05, 4.69) is 19.2 Å². The number of hydrogen-bond acceptors (Lipinski definition) is 4. The number of anilines is 1. The molecule has 1 aliphatic heterocycles. The SMILES string of the molecule is COc1ccc2c(c1)C(CC(=O)c1ccc(NC(=O)c3ccc(Cl)cc3Cl)cc1)=NC(C)(C)C2. The second-order valence-corrected chi connectivity index (χ2v) is 9.67. The molecule has 34 heavy (non-hydrogen) atoms. The molecule has 7 heteroatoms. The van der Waals surface area contributed by atoms with E-state index in [4.69, 9.17) is 32.9 Å². The van der Waals surface area contributed by atoms with Crippen LogP contribution in [0.25, 0.3) is 0 Å². The van der Waals surface area contributed by atoms with E-state index >= 15 is 0 Å². The van der Waals surface area contributed by atoms with Gasteiger partial charge in [0.15, 0.2) is 5.78 Å². The summed E-state index contributed by atoms with van der Waals surface area (Å²) < 4.78 is 5.37. The zero-order chi connectivity index (χ0) is 24.5. The van der Waals surface area contributed by atoms with Gasteiger partial charge in [-0.3, -0.25) is 14.6 Å². The average molecular weight is 495 g/mol. The number of Topliss-reactive ketones (excluding diaryl/α,β-unsaturated/α-hetero) is 1. The minimum absolute atomic E-state index is 0.0520. The number of ketones is 1. The molecule has 1 heterocycles. The van der Waals surface area contributed by atoms with Crippen molar-refractivity contribution in [2.75, 3.05) is 12.4 Å². The monoisotopic (exact) mass is 494 g/mol. The van der Waals surface area contributed by atoms with Gasteiger partial charge >= 0.3 is 0 Å². The van der Waals surface area contributed by atoms with Gasteiger partial charge in [-0.25, -0.2) is 0 Å². The highest BCUT2D eigenvalue weighted by molar-refractivity contribution is 6.37. The predicted octanol–water partition coefficient (Wildman–Crippen LogP) is 6.65. The molecule has 0 radical (unpaired) electrons. The van der Waals surface area contributed by atoms with Gasteiger partial charge in [0.25, 0.3) is 5.91 Å². The Hall–Kier alpha value is -3.15. The second kappa shape index (κ2) is 9.61. The minimum Gasteiger partial charge on any atom is -0.497 e. The smallest absolute Gasteiger partial charge is 0.257 e. The van der Waals surface area contributed by atoms with E-state index in [1.54, 1.807) is 43.5 Å². The van der Waals surface area contributed by atoms with Crippen molar-refractivity contribution in [1.29, 1.82) is 0 Å². The van der Waals surface area contributed by atoms with Crippen molar-refractivity contribution in [2.45, 2.75) is 32.2 Å². The Labute approximate surface area is 208 Å². The molecule has 1 N–H and O–H groups in total. The lowest BCUT2D eigenvalue weighted by Crippen LogP contribution is -2.30. The topological polar surface area (TPSA) is 67.8 Å². The number of hydrogen-bond donors (Lipinski definition) is 1. The van der Waals surface area contributed by atoms with Gasteiger partial charge in [0.2, 0.25) is 0 Å². The van der Waals surface area contributed by atoms with Crippen LogP contribution in [0.4, 0.5) is 5.69 Å². The first-order chi connectivity index (χ1) is 16.1. The summed E-state index contributed by atoms with van der Waals surface area (Å²) in [6.07, 6.45) is 0.978. The molecule has 0 fully saturated rings. The van der Waals surface area contributed by atoms with Gasteiger partial charge in [-0.2, -0.15) is 0 Å². The van der Waals surface area contributed by atoms with Gasteiger partial charge in [-0.05, 0) is 80.4 Å². The van der Waals surface area contributed by atoms with Crippen molar-refractivity contribution in [2.24, 2.45) is 4.99 Å². The summed E-state index contributed by atoms with van der Waals surface area (Å²) in [7, 11) is 1.62. The van der Waals surface area contributed by atoms with E-state index in [1.807, 2.05) is 18.2 Å². The number of fused-ring (bicyclic) bond motifs is 1. The molecule has 1 aliphatic rings. The molecule has 3 aromatic rings. The summed E-state index contributed by atoms with van der Waals surface area (Å²) in [6, 6.07) is 17.4. The number of nitrogens with one attached hydrogen (secondary N) is 1. The molecule has 0 aliphatic carbocycles. The maximum Gasteiger partial charge on any atom is 0.257 e. The summed E-state index contributed by atoms with van der Waals surface area (Å²) in [5, 5.41) is 3.51. The number of nitrogens with zero attached hydrogens (tertiary/aromatic N) is 1. The number of carbonyl (C=O) groups is 2. The highest BCUT2D eigenvalue weighted by Gasteiger charge is 2.28. The Morgan fingerprint density at radius 3 is 2.44 bits per heavy atom. The molecule has 0 spiro atoms. The molecule has 0 unspecified atom stereocenters. The first-order valence-corrected chi connectivity index (χ1v) is 11.6. The number of aliphatic imine (C=N–C) groups is 1. The fraction of sp³-hybridized carbons (Fsp3) is 0.222. The van der Waals surface area contributed by atoms with E-state index in [9.17, 15) is 9.59 Å². The summed E-state index contributed by atoms with van der Waals surface area (Å²) in [5.41, 5.74) is 3.99. The zero-order valence-electron chi connectivity index (χ0n) is 19.1. The van der Waals surface area contributed by atoms with Crippen LogP contribution in [0.1, 0.15) is 52.1 Å². The first-order valence-electron chi connectivity index (χ1n) is 10.8. The second-order valence-electron chi connectivity index (χ2n) is 8.83. The van der Waals surface area contributed by atoms with Gasteiger partial charge in [0, 0.05) is 21.8 Å². The normalized spacial score (nSPS) is 14.1. The van der Waals surface area contributed by atoms with Crippen LogP contribution in [0.3, 0.4) is 0 Å². The number of methoxy groups -OCH3 is 1. The Bertz CT molecular complexity index is 1300. The minimum atomic E-state index is -0.356. The molecule has 0 atom stereocenters. The number of carbonyl (C=O) groups excluding carboxylic acids is 2. The zero-order valence-corrected chi connectivity index (χ0v) is 20.6. The molecule has 0 aromatic heterocycles. The fourth-order valence-electron chi connectivity index (χ4n) is 4.04. The van der Waals surface area contributed by atoms with Gasteiger partial charge in [0.05, 0.1) is 35.4 Å². The molecular weight excluding hydrogens is 471 g/mol. The van der Waals surface area contributed by atoms with Crippen molar-refractivity contribution in [3.05, 3.63) is 93.0 Å². The molecule has 0 saturated heterocycles. The van der Waals surface area contributed by atoms with Crippen molar-refractivity contribution in [1.82, 2.24) is 0 Å². The summed E-state index contributed by atoms with van der Waals surface area (Å²) >= 11 is 12.0. The first kappa shape index (κ1) is 24.0. The molecule has 174 valence electrons. The van der Waals surface area contributed by atoms with Crippen LogP contribution in [0, 0.1) is 0 Å². The van der Waals surface area contributed by atoms with E-state index in [-0.39, 0.29) is 28.7 Å². The summed E-state index contributed by atoms with van der Waals surface area (Å²) in [4.78, 5) is 30.5. The van der Waals surface area contributed by atoms with Crippen LogP contribution in [0.5, 0.6) is 5.75 Å². The van der Waals surface area contributed by atoms with Gasteiger partial charge in [-0.15, -0.1) is 0 Å². The molecular formula is C27H24Cl2N2O3. The predicted molar refractivity (Wildman–Crippen MR) is 137 cm³/mol. The molecule has 0 bridgehead atoms. The van der Waals surface area contributed by atoms with Crippen LogP contribution < -0.4 is 10.1 Å². The Morgan fingerprint density at radius 1 is 1.03 bits per heavy atom. The number of rotatable bonds is 6. The van der Waals surface area contributed by atoms with Crippen LogP contribution in [0.15, 0.2) is 65.7 Å². The van der Waals surface area contributed by atoms with Crippen molar-refractivity contribution >= 4 is 46.3 Å². The van der Waals surface area contributed by atoms with Crippen molar-refractivity contribution < 1.29 is 14.3 Å². The summed E-state index contributed by atoms with van der Waals surface area (Å²) in [5.74, 6) is 0.327. The fourth-order valence-corrected chi connectivity index (χ4v) is 4.53. The lowest BCUT2D eigenvalue weighted by molar-refractivity contribution is 0.0998. The quantitative estimate of drug-likeness (QED) is 0.390. The third-order valence-electron chi connectivity index (χ3n) is 5.66. The standard InChI is InChI=1S/C27H24Cl2N2O3/c1-27(2)15-17-6-10-20(34-3)13-22(17)24(31-27)14-25(32)16-4-8-19(9-5-16)30-26(33)21-11-7-18(28)12-23(21)29/h4-13H,14-15H2,1-3H3,(H,30,33). The van der Waals surface area contributed by atoms with Gasteiger partial charge in [-0.1, -0.05) is 29.3 Å². The number of ether oxygens (including phenoxy) is 1. The lowest BCUT2D eigenvalue weighted by Gasteiger charge is -2.29. The number of benzene rings is 3. The molecule has 1 amide bonds. The average Bonchev–Trinajstić information content (AvgIpc) is 2.78. The Kier molecular flexibility index (Phi) is 6.78. The molecule has 5 nitrogen and oxygen atoms in total. The van der Waals surface area contributed by atoms with E-state index in [0.29, 0.717) is 21.8 Å². The third-order valence-corrected chi connectivity index (χ3v) is 6.20. The molecule has 0 saturated carbocycles. The van der Waals surface area contributed by atoms with Gasteiger partial charge < -0.3 is 10.1 Å². The number of amides is 1. The van der Waals surface area contributed by atoms with E-state index in [0.717, 1.165) is 29.0 Å². The molecule has 3 aromatic carbocycles. The van der Waals surface area contributed by atoms with Crippen LogP contribution in [0.2, 0.25) is 10.0 Å². The van der Waals surface area contributed by atoms with Crippen molar-refractivity contribution in [3.63, 3.8) is 0 Å². The highest BCUT2D eigenvalue weighted by atomic mass is 35.5. The number of halogens is 2. The highest BCUT2D eigenvalue weighted by Crippen LogP contribution is 2.31. The maximum absolute atomic E-state index is 13.1. The van der Waals surface area contributed by atoms with E-state index in [1.165, 1.54) is 6.07 Å². The van der Waals surface area contributed by atoms with Crippen LogP contribution >= 0.6 is 23.2 Å². The third kappa shape index (κ3) is 5.32. The lowest BCUT2D eigenvalue weighted by atomic mass is 9.85. The van der Waals surface area contributed by atoms with E-state index < -0.39 is 0 Å². The van der Waals surface area contributed by atoms with Crippen molar-refractivity contribution in [3.8, 4) is 5.75 Å². The van der Waals surface area contributed by atoms with Gasteiger partial charge in [0.1, 0.15) is 5.75 Å². The Morgan fingerprint density at radius 2 is 1.76 bits per heavy atom.